The van der Waals surface area contributed by atoms with Gasteiger partial charge in [-0.15, -0.1) is 0 Å². The second-order valence-corrected chi connectivity index (χ2v) is 5.99. The van der Waals surface area contributed by atoms with Crippen LogP contribution in [0.25, 0.3) is 0 Å². The summed E-state index contributed by atoms with van der Waals surface area (Å²) in [5, 5.41) is 0. The van der Waals surface area contributed by atoms with Crippen molar-refractivity contribution in [1.82, 2.24) is 9.88 Å². The fraction of sp³-hybridized carbons (Fsp3) is 0.421. The molecule has 3 rings (SSSR count). The normalized spacial score (nSPS) is 15.6. The van der Waals surface area contributed by atoms with Crippen molar-refractivity contribution in [3.05, 3.63) is 54.4 Å². The van der Waals surface area contributed by atoms with Gasteiger partial charge in [-0.25, -0.2) is 0 Å². The fourth-order valence-electron chi connectivity index (χ4n) is 3.09. The zero-order valence-electron chi connectivity index (χ0n) is 13.8. The number of benzene rings is 1. The van der Waals surface area contributed by atoms with Gasteiger partial charge in [0.05, 0.1) is 7.11 Å². The minimum Gasteiger partial charge on any atom is -0.497 e. The molecule has 1 aliphatic heterocycles. The molecular formula is C19H25N3O. The summed E-state index contributed by atoms with van der Waals surface area (Å²) in [6.45, 7) is 5.61. The summed E-state index contributed by atoms with van der Waals surface area (Å²) in [7, 11) is 1.72. The average molecular weight is 311 g/mol. The number of anilines is 1. The van der Waals surface area contributed by atoms with Crippen LogP contribution in [-0.4, -0.2) is 49.7 Å². The summed E-state index contributed by atoms with van der Waals surface area (Å²) in [6.07, 6.45) is 6.10. The lowest BCUT2D eigenvalue weighted by Crippen LogP contribution is -2.46. The summed E-state index contributed by atoms with van der Waals surface area (Å²) in [6, 6.07) is 12.6. The van der Waals surface area contributed by atoms with E-state index in [0.717, 1.165) is 38.3 Å². The van der Waals surface area contributed by atoms with Gasteiger partial charge in [0.15, 0.2) is 0 Å². The van der Waals surface area contributed by atoms with Gasteiger partial charge in [0.25, 0.3) is 0 Å². The van der Waals surface area contributed by atoms with Gasteiger partial charge in [-0.2, -0.15) is 0 Å². The van der Waals surface area contributed by atoms with Gasteiger partial charge in [-0.05, 0) is 49.2 Å². The van der Waals surface area contributed by atoms with E-state index in [1.165, 1.54) is 24.2 Å². The third kappa shape index (κ3) is 4.45. The van der Waals surface area contributed by atoms with Crippen LogP contribution in [0.1, 0.15) is 12.0 Å². The third-order valence-electron chi connectivity index (χ3n) is 4.48. The topological polar surface area (TPSA) is 28.6 Å². The van der Waals surface area contributed by atoms with Gasteiger partial charge in [-0.1, -0.05) is 6.07 Å². The van der Waals surface area contributed by atoms with Crippen molar-refractivity contribution >= 4 is 5.69 Å². The van der Waals surface area contributed by atoms with Crippen molar-refractivity contribution in [1.29, 1.82) is 0 Å². The molecule has 2 heterocycles. The molecule has 2 aromatic rings. The second-order valence-electron chi connectivity index (χ2n) is 5.99. The maximum Gasteiger partial charge on any atom is 0.120 e. The Hall–Kier alpha value is -2.07. The van der Waals surface area contributed by atoms with Crippen LogP contribution in [-0.2, 0) is 6.42 Å². The smallest absolute Gasteiger partial charge is 0.120 e. The van der Waals surface area contributed by atoms with Crippen LogP contribution < -0.4 is 9.64 Å². The van der Waals surface area contributed by atoms with E-state index in [4.69, 9.17) is 4.74 Å². The number of nitrogens with zero attached hydrogens (tertiary/aromatic N) is 3. The van der Waals surface area contributed by atoms with Crippen LogP contribution in [0.5, 0.6) is 5.75 Å². The summed E-state index contributed by atoms with van der Waals surface area (Å²) < 4.78 is 5.32. The minimum atomic E-state index is 0.933. The van der Waals surface area contributed by atoms with Gasteiger partial charge in [-0.3, -0.25) is 9.88 Å². The van der Waals surface area contributed by atoms with Gasteiger partial charge < -0.3 is 9.64 Å². The molecule has 0 N–H and O–H groups in total. The molecule has 1 aliphatic rings. The average Bonchev–Trinajstić information content (AvgIpc) is 2.63. The molecule has 23 heavy (non-hydrogen) atoms. The number of piperazine rings is 1. The Morgan fingerprint density at radius 1 is 1.04 bits per heavy atom. The first-order valence-electron chi connectivity index (χ1n) is 8.35. The Morgan fingerprint density at radius 3 is 2.57 bits per heavy atom. The summed E-state index contributed by atoms with van der Waals surface area (Å²) in [4.78, 5) is 9.08. The van der Waals surface area contributed by atoms with E-state index in [0.29, 0.717) is 0 Å². The first-order valence-corrected chi connectivity index (χ1v) is 8.35. The number of hydrogen-bond acceptors (Lipinski definition) is 4. The van der Waals surface area contributed by atoms with Crippen LogP contribution in [0.2, 0.25) is 0 Å². The lowest BCUT2D eigenvalue weighted by Gasteiger charge is -2.36. The minimum absolute atomic E-state index is 0.933. The first-order chi connectivity index (χ1) is 11.3. The van der Waals surface area contributed by atoms with Gasteiger partial charge in [0, 0.05) is 50.3 Å². The van der Waals surface area contributed by atoms with Crippen molar-refractivity contribution in [3.8, 4) is 5.75 Å². The number of pyridine rings is 1. The summed E-state index contributed by atoms with van der Waals surface area (Å²) in [5.74, 6) is 0.933. The lowest BCUT2D eigenvalue weighted by atomic mass is 10.1. The van der Waals surface area contributed by atoms with E-state index in [9.17, 15) is 0 Å². The number of aromatic nitrogens is 1. The van der Waals surface area contributed by atoms with Crippen LogP contribution in [0, 0.1) is 0 Å². The zero-order valence-corrected chi connectivity index (χ0v) is 13.8. The molecule has 122 valence electrons. The highest BCUT2D eigenvalue weighted by molar-refractivity contribution is 5.51. The van der Waals surface area contributed by atoms with E-state index in [-0.39, 0.29) is 0 Å². The van der Waals surface area contributed by atoms with Crippen LogP contribution in [0.3, 0.4) is 0 Å². The molecule has 0 saturated carbocycles. The Bertz CT molecular complexity index is 595. The number of hydrogen-bond donors (Lipinski definition) is 0. The van der Waals surface area contributed by atoms with E-state index >= 15 is 0 Å². The highest BCUT2D eigenvalue weighted by atomic mass is 16.5. The molecule has 0 spiro atoms. The second kappa shape index (κ2) is 7.97. The highest BCUT2D eigenvalue weighted by Gasteiger charge is 2.17. The van der Waals surface area contributed by atoms with Crippen LogP contribution in [0.4, 0.5) is 5.69 Å². The molecule has 0 atom stereocenters. The third-order valence-corrected chi connectivity index (χ3v) is 4.48. The molecule has 4 nitrogen and oxygen atoms in total. The molecule has 0 radical (unpaired) electrons. The predicted octanol–water partition coefficient (Wildman–Crippen LogP) is 2.85. The Morgan fingerprint density at radius 2 is 1.83 bits per heavy atom. The first kappa shape index (κ1) is 15.8. The summed E-state index contributed by atoms with van der Waals surface area (Å²) >= 11 is 0. The molecular weight excluding hydrogens is 286 g/mol. The molecule has 1 aromatic carbocycles. The van der Waals surface area contributed by atoms with Crippen molar-refractivity contribution in [3.63, 3.8) is 0 Å². The number of methoxy groups -OCH3 is 1. The molecule has 0 bridgehead atoms. The number of ether oxygens (including phenoxy) is 1. The maximum absolute atomic E-state index is 5.32. The van der Waals surface area contributed by atoms with Gasteiger partial charge in [0.1, 0.15) is 5.75 Å². The van der Waals surface area contributed by atoms with Crippen molar-refractivity contribution in [2.45, 2.75) is 12.8 Å². The zero-order chi connectivity index (χ0) is 15.9. The quantitative estimate of drug-likeness (QED) is 0.820. The van der Waals surface area contributed by atoms with Gasteiger partial charge >= 0.3 is 0 Å². The largest absolute Gasteiger partial charge is 0.497 e. The predicted molar refractivity (Wildman–Crippen MR) is 94.2 cm³/mol. The number of aryl methyl sites for hydroxylation is 1. The van der Waals surface area contributed by atoms with E-state index in [2.05, 4.69) is 45.1 Å². The van der Waals surface area contributed by atoms with Crippen molar-refractivity contribution in [2.24, 2.45) is 0 Å². The van der Waals surface area contributed by atoms with Gasteiger partial charge in [0.2, 0.25) is 0 Å². The standard InChI is InChI=1S/C19H25N3O/c1-23-19-6-2-5-18(16-19)22-14-12-21(13-15-22)11-3-4-17-7-9-20-10-8-17/h2,5-10,16H,3-4,11-15H2,1H3. The molecule has 0 aliphatic carbocycles. The molecule has 1 saturated heterocycles. The Labute approximate surface area is 138 Å². The van der Waals surface area contributed by atoms with Crippen LogP contribution in [0.15, 0.2) is 48.8 Å². The Balaban J connectivity index is 1.43. The molecule has 4 heteroatoms. The molecule has 0 unspecified atom stereocenters. The molecule has 1 aromatic heterocycles. The Kier molecular flexibility index (Phi) is 5.48. The number of rotatable bonds is 6. The molecule has 1 fully saturated rings. The van der Waals surface area contributed by atoms with Crippen molar-refractivity contribution < 1.29 is 4.74 Å². The maximum atomic E-state index is 5.32. The monoisotopic (exact) mass is 311 g/mol. The fourth-order valence-corrected chi connectivity index (χ4v) is 3.09. The lowest BCUT2D eigenvalue weighted by molar-refractivity contribution is 0.255. The van der Waals surface area contributed by atoms with E-state index in [1.54, 1.807) is 7.11 Å². The SMILES string of the molecule is COc1cccc(N2CCN(CCCc3ccncc3)CC2)c1. The van der Waals surface area contributed by atoms with E-state index < -0.39 is 0 Å². The summed E-state index contributed by atoms with van der Waals surface area (Å²) in [5.41, 5.74) is 2.65. The van der Waals surface area contributed by atoms with Crippen LogP contribution >= 0.6 is 0 Å². The highest BCUT2D eigenvalue weighted by Crippen LogP contribution is 2.22. The van der Waals surface area contributed by atoms with Crippen molar-refractivity contribution in [2.75, 3.05) is 44.7 Å². The van der Waals surface area contributed by atoms with E-state index in [1.807, 2.05) is 18.5 Å². The molecule has 0 amide bonds.